The number of piperidine rings is 1. The molecule has 2 N–H and O–H groups in total. The summed E-state index contributed by atoms with van der Waals surface area (Å²) in [6.45, 7) is 1.65. The third-order valence-electron chi connectivity index (χ3n) is 4.07. The Morgan fingerprint density at radius 3 is 3.05 bits per heavy atom. The number of nitrogens with zero attached hydrogens (tertiary/aromatic N) is 3. The fraction of sp³-hybridized carbons (Fsp3) is 0.438. The minimum absolute atomic E-state index is 0.222. The molecule has 1 fully saturated rings. The smallest absolute Gasteiger partial charge is 0.227 e. The maximum absolute atomic E-state index is 12.4. The van der Waals surface area contributed by atoms with Crippen LogP contribution in [0.4, 0.5) is 5.82 Å². The number of likely N-dealkylation sites (tertiary alicyclic amines) is 1. The van der Waals surface area contributed by atoms with Crippen molar-refractivity contribution in [2.45, 2.75) is 25.7 Å². The number of rotatable bonds is 4. The van der Waals surface area contributed by atoms with Gasteiger partial charge in [-0.2, -0.15) is 0 Å². The van der Waals surface area contributed by atoms with Crippen molar-refractivity contribution in [3.8, 4) is 0 Å². The first-order valence-corrected chi connectivity index (χ1v) is 8.46. The van der Waals surface area contributed by atoms with Crippen molar-refractivity contribution >= 4 is 23.1 Å². The van der Waals surface area contributed by atoms with E-state index in [1.54, 1.807) is 23.7 Å². The molecular formula is C16H20N4OS. The molecule has 6 heteroatoms. The Morgan fingerprint density at radius 2 is 2.27 bits per heavy atom. The lowest BCUT2D eigenvalue weighted by Gasteiger charge is -2.32. The van der Waals surface area contributed by atoms with E-state index >= 15 is 0 Å². The topological polar surface area (TPSA) is 72.1 Å². The van der Waals surface area contributed by atoms with Gasteiger partial charge in [-0.15, -0.1) is 11.3 Å². The lowest BCUT2D eigenvalue weighted by molar-refractivity contribution is -0.132. The third kappa shape index (κ3) is 3.62. The molecule has 5 nitrogen and oxygen atoms in total. The van der Waals surface area contributed by atoms with Crippen LogP contribution < -0.4 is 5.73 Å². The molecule has 0 unspecified atom stereocenters. The van der Waals surface area contributed by atoms with Gasteiger partial charge in [-0.3, -0.25) is 9.78 Å². The lowest BCUT2D eigenvalue weighted by Crippen LogP contribution is -2.41. The van der Waals surface area contributed by atoms with Crippen LogP contribution in [0.25, 0.3) is 0 Å². The number of amides is 1. The van der Waals surface area contributed by atoms with Crippen molar-refractivity contribution in [2.75, 3.05) is 18.8 Å². The monoisotopic (exact) mass is 316 g/mol. The van der Waals surface area contributed by atoms with E-state index in [1.807, 2.05) is 22.4 Å². The first-order valence-electron chi connectivity index (χ1n) is 7.58. The van der Waals surface area contributed by atoms with E-state index in [4.69, 9.17) is 5.73 Å². The van der Waals surface area contributed by atoms with E-state index in [0.29, 0.717) is 18.2 Å². The van der Waals surface area contributed by atoms with Crippen LogP contribution in [0.15, 0.2) is 29.9 Å². The summed E-state index contributed by atoms with van der Waals surface area (Å²) in [6, 6.07) is 4.01. The summed E-state index contributed by atoms with van der Waals surface area (Å²) in [6.07, 6.45) is 6.74. The molecule has 3 rings (SSSR count). The normalized spacial score (nSPS) is 18.4. The zero-order valence-electron chi connectivity index (χ0n) is 12.4. The fourth-order valence-corrected chi connectivity index (χ4v) is 3.64. The van der Waals surface area contributed by atoms with Crippen LogP contribution in [-0.4, -0.2) is 33.9 Å². The number of carbonyl (C=O) groups is 1. The molecule has 1 atom stereocenters. The summed E-state index contributed by atoms with van der Waals surface area (Å²) in [7, 11) is 0. The second-order valence-corrected chi connectivity index (χ2v) is 6.73. The minimum Gasteiger partial charge on any atom is -0.382 e. The van der Waals surface area contributed by atoms with Gasteiger partial charge in [0.05, 0.1) is 12.1 Å². The van der Waals surface area contributed by atoms with Crippen molar-refractivity contribution in [2.24, 2.45) is 5.92 Å². The summed E-state index contributed by atoms with van der Waals surface area (Å²) in [4.78, 5) is 23.9. The number of thiophene rings is 1. The van der Waals surface area contributed by atoms with Crippen LogP contribution in [0.2, 0.25) is 0 Å². The van der Waals surface area contributed by atoms with E-state index in [9.17, 15) is 4.79 Å². The molecule has 116 valence electrons. The number of nitrogen functional groups attached to an aromatic ring is 1. The maximum atomic E-state index is 12.4. The van der Waals surface area contributed by atoms with E-state index in [0.717, 1.165) is 42.9 Å². The van der Waals surface area contributed by atoms with Gasteiger partial charge in [0.25, 0.3) is 0 Å². The van der Waals surface area contributed by atoms with Gasteiger partial charge in [0.15, 0.2) is 0 Å². The number of nitrogens with two attached hydrogens (primary N) is 1. The van der Waals surface area contributed by atoms with Crippen LogP contribution in [0.5, 0.6) is 0 Å². The molecule has 0 saturated carbocycles. The van der Waals surface area contributed by atoms with Gasteiger partial charge in [-0.25, -0.2) is 4.98 Å². The van der Waals surface area contributed by atoms with Crippen LogP contribution in [-0.2, 0) is 17.6 Å². The SMILES string of the molecule is Nc1nccnc1C[C@@H]1CCCN(C(=O)Cc2cccs2)C1. The summed E-state index contributed by atoms with van der Waals surface area (Å²) < 4.78 is 0. The molecule has 1 saturated heterocycles. The molecule has 2 aromatic rings. The highest BCUT2D eigenvalue weighted by molar-refractivity contribution is 7.10. The van der Waals surface area contributed by atoms with Crippen molar-refractivity contribution in [3.63, 3.8) is 0 Å². The number of hydrogen-bond donors (Lipinski definition) is 1. The average Bonchev–Trinajstić information content (AvgIpc) is 3.03. The van der Waals surface area contributed by atoms with Gasteiger partial charge < -0.3 is 10.6 Å². The molecule has 0 spiro atoms. The molecule has 0 radical (unpaired) electrons. The Morgan fingerprint density at radius 1 is 1.41 bits per heavy atom. The van der Waals surface area contributed by atoms with Crippen molar-refractivity contribution in [1.29, 1.82) is 0 Å². The molecule has 1 aliphatic rings. The predicted octanol–water partition coefficient (Wildman–Crippen LogP) is 2.14. The largest absolute Gasteiger partial charge is 0.382 e. The van der Waals surface area contributed by atoms with Crippen LogP contribution in [0, 0.1) is 5.92 Å². The van der Waals surface area contributed by atoms with Crippen molar-refractivity contribution < 1.29 is 4.79 Å². The molecule has 1 amide bonds. The highest BCUT2D eigenvalue weighted by Crippen LogP contribution is 2.22. The van der Waals surface area contributed by atoms with Crippen LogP contribution in [0.3, 0.4) is 0 Å². The zero-order valence-corrected chi connectivity index (χ0v) is 13.3. The fourth-order valence-electron chi connectivity index (χ4n) is 2.94. The summed E-state index contributed by atoms with van der Waals surface area (Å²) in [5, 5.41) is 2.01. The Hall–Kier alpha value is -1.95. The van der Waals surface area contributed by atoms with Crippen molar-refractivity contribution in [1.82, 2.24) is 14.9 Å². The molecule has 0 aromatic carbocycles. The number of carbonyl (C=O) groups excluding carboxylic acids is 1. The number of hydrogen-bond acceptors (Lipinski definition) is 5. The number of aromatic nitrogens is 2. The lowest BCUT2D eigenvalue weighted by atomic mass is 9.93. The third-order valence-corrected chi connectivity index (χ3v) is 4.94. The highest BCUT2D eigenvalue weighted by Gasteiger charge is 2.24. The van der Waals surface area contributed by atoms with Gasteiger partial charge in [0.1, 0.15) is 5.82 Å². The Bertz CT molecular complexity index is 629. The van der Waals surface area contributed by atoms with Crippen LogP contribution in [0.1, 0.15) is 23.4 Å². The van der Waals surface area contributed by atoms with Gasteiger partial charge >= 0.3 is 0 Å². The van der Waals surface area contributed by atoms with E-state index < -0.39 is 0 Å². The van der Waals surface area contributed by atoms with E-state index in [-0.39, 0.29) is 5.91 Å². The van der Waals surface area contributed by atoms with Gasteiger partial charge in [0.2, 0.25) is 5.91 Å². The maximum Gasteiger partial charge on any atom is 0.227 e. The Kier molecular flexibility index (Phi) is 4.68. The molecular weight excluding hydrogens is 296 g/mol. The zero-order chi connectivity index (χ0) is 15.4. The predicted molar refractivity (Wildman–Crippen MR) is 87.5 cm³/mol. The average molecular weight is 316 g/mol. The molecule has 22 heavy (non-hydrogen) atoms. The molecule has 3 heterocycles. The van der Waals surface area contributed by atoms with Crippen molar-refractivity contribution in [3.05, 3.63) is 40.5 Å². The summed E-state index contributed by atoms with van der Waals surface area (Å²) in [5.74, 6) is 1.14. The molecule has 0 bridgehead atoms. The highest BCUT2D eigenvalue weighted by atomic mass is 32.1. The number of anilines is 1. The summed E-state index contributed by atoms with van der Waals surface area (Å²) >= 11 is 1.64. The second-order valence-electron chi connectivity index (χ2n) is 5.70. The van der Waals surface area contributed by atoms with Gasteiger partial charge in [-0.05, 0) is 36.6 Å². The van der Waals surface area contributed by atoms with Gasteiger partial charge in [-0.1, -0.05) is 6.07 Å². The Balaban J connectivity index is 1.59. The standard InChI is InChI=1S/C16H20N4OS/c17-16-14(18-5-6-19-16)9-12-3-1-7-20(11-12)15(21)10-13-4-2-8-22-13/h2,4-6,8,12H,1,3,7,9-11H2,(H2,17,19)/t12-/m0/s1. The minimum atomic E-state index is 0.222. The quantitative estimate of drug-likeness (QED) is 0.938. The molecule has 2 aromatic heterocycles. The van der Waals surface area contributed by atoms with E-state index in [1.165, 1.54) is 0 Å². The molecule has 1 aliphatic heterocycles. The van der Waals surface area contributed by atoms with Crippen LogP contribution >= 0.6 is 11.3 Å². The van der Waals surface area contributed by atoms with Gasteiger partial charge in [0, 0.05) is 30.4 Å². The second kappa shape index (κ2) is 6.87. The molecule has 0 aliphatic carbocycles. The summed E-state index contributed by atoms with van der Waals surface area (Å²) in [5.41, 5.74) is 6.72. The van der Waals surface area contributed by atoms with E-state index in [2.05, 4.69) is 9.97 Å². The first kappa shape index (κ1) is 15.0. The Labute approximate surface area is 134 Å². The first-order chi connectivity index (χ1) is 10.7.